The molecular weight excluding hydrogens is 334 g/mol. The van der Waals surface area contributed by atoms with E-state index in [-0.39, 0.29) is 4.90 Å². The smallest absolute Gasteiger partial charge is 0.267 e. The van der Waals surface area contributed by atoms with Crippen molar-refractivity contribution in [2.45, 2.75) is 31.6 Å². The Morgan fingerprint density at radius 2 is 1.96 bits per heavy atom. The van der Waals surface area contributed by atoms with E-state index in [2.05, 4.69) is 16.8 Å². The number of sulfonamides is 1. The summed E-state index contributed by atoms with van der Waals surface area (Å²) in [6.45, 7) is 6.51. The van der Waals surface area contributed by atoms with E-state index < -0.39 is 10.0 Å². The van der Waals surface area contributed by atoms with Crippen LogP contribution in [-0.4, -0.2) is 28.1 Å². The lowest BCUT2D eigenvalue weighted by atomic mass is 10.0. The molecule has 6 heteroatoms. The third kappa shape index (κ3) is 3.79. The molecule has 2 heterocycles. The van der Waals surface area contributed by atoms with Gasteiger partial charge in [-0.3, -0.25) is 9.21 Å². The predicted octanol–water partition coefficient (Wildman–Crippen LogP) is 2.95. The summed E-state index contributed by atoms with van der Waals surface area (Å²) < 4.78 is 27.4. The maximum atomic E-state index is 13.0. The number of hydrogen-bond acceptors (Lipinski definition) is 3. The number of nitrogens with one attached hydrogen (secondary N) is 1. The molecule has 1 N–H and O–H groups in total. The van der Waals surface area contributed by atoms with Gasteiger partial charge in [0.25, 0.3) is 15.8 Å². The van der Waals surface area contributed by atoms with Gasteiger partial charge in [-0.15, -0.1) is 0 Å². The van der Waals surface area contributed by atoms with Crippen molar-refractivity contribution >= 4 is 21.5 Å². The van der Waals surface area contributed by atoms with Gasteiger partial charge in [0.2, 0.25) is 0 Å². The Bertz CT molecular complexity index is 791. The van der Waals surface area contributed by atoms with E-state index in [1.807, 2.05) is 43.3 Å². The number of rotatable bonds is 5. The summed E-state index contributed by atoms with van der Waals surface area (Å²) in [6.07, 6.45) is 4.04. The van der Waals surface area contributed by atoms with E-state index in [0.29, 0.717) is 18.2 Å². The van der Waals surface area contributed by atoms with E-state index in [1.54, 1.807) is 12.3 Å². The Morgan fingerprint density at radius 1 is 1.20 bits per heavy atom. The lowest BCUT2D eigenvalue weighted by Crippen LogP contribution is -2.38. The van der Waals surface area contributed by atoms with Gasteiger partial charge in [0.1, 0.15) is 11.1 Å². The summed E-state index contributed by atoms with van der Waals surface area (Å²) in [5, 5.41) is 0. The molecule has 0 saturated carbocycles. The molecule has 1 aliphatic rings. The summed E-state index contributed by atoms with van der Waals surface area (Å²) >= 11 is 0. The van der Waals surface area contributed by atoms with Crippen molar-refractivity contribution in [3.8, 4) is 0 Å². The molecule has 25 heavy (non-hydrogen) atoms. The van der Waals surface area contributed by atoms with E-state index in [4.69, 9.17) is 0 Å². The summed E-state index contributed by atoms with van der Waals surface area (Å²) in [7, 11) is -3.58. The van der Waals surface area contributed by atoms with Gasteiger partial charge in [-0.2, -0.15) is 0 Å². The minimum absolute atomic E-state index is 0.284. The quantitative estimate of drug-likeness (QED) is 0.824. The third-order valence-corrected chi connectivity index (χ3v) is 6.58. The highest BCUT2D eigenvalue weighted by Gasteiger charge is 2.27. The first-order chi connectivity index (χ1) is 12.0. The average molecular weight is 361 g/mol. The zero-order chi connectivity index (χ0) is 17.9. The number of nitrogens with zero attached hydrogens (tertiary/aromatic N) is 2. The van der Waals surface area contributed by atoms with Crippen molar-refractivity contribution in [3.63, 3.8) is 0 Å². The number of aromatic amines is 1. The average Bonchev–Trinajstić information content (AvgIpc) is 2.63. The molecule has 0 bridgehead atoms. The van der Waals surface area contributed by atoms with Crippen LogP contribution in [-0.2, 0) is 10.0 Å². The van der Waals surface area contributed by atoms with Crippen molar-refractivity contribution in [3.05, 3.63) is 48.7 Å². The minimum Gasteiger partial charge on any atom is -0.267 e. The van der Waals surface area contributed by atoms with Crippen LogP contribution in [0.5, 0.6) is 0 Å². The molecule has 5 nitrogen and oxygen atoms in total. The van der Waals surface area contributed by atoms with E-state index in [1.165, 1.54) is 17.1 Å². The zero-order valence-electron chi connectivity index (χ0n) is 14.9. The topological polar surface area (TPSA) is 54.8 Å². The maximum Gasteiger partial charge on any atom is 0.274 e. The van der Waals surface area contributed by atoms with E-state index in [9.17, 15) is 8.42 Å². The molecule has 1 atom stereocenters. The van der Waals surface area contributed by atoms with Crippen LogP contribution in [0.3, 0.4) is 0 Å². The first-order valence-corrected chi connectivity index (χ1v) is 10.3. The van der Waals surface area contributed by atoms with Crippen molar-refractivity contribution in [1.82, 2.24) is 0 Å². The lowest BCUT2D eigenvalue weighted by Gasteiger charge is -2.26. The van der Waals surface area contributed by atoms with Crippen molar-refractivity contribution < 1.29 is 13.4 Å². The Labute approximate surface area is 150 Å². The number of hydrogen-bond donors (Lipinski definition) is 0. The van der Waals surface area contributed by atoms with Crippen LogP contribution in [0.1, 0.15) is 26.7 Å². The number of pyridine rings is 1. The molecule has 1 fully saturated rings. The molecular formula is C19H26N3O2S+. The highest BCUT2D eigenvalue weighted by molar-refractivity contribution is 7.92. The van der Waals surface area contributed by atoms with Gasteiger partial charge >= 0.3 is 0 Å². The summed E-state index contributed by atoms with van der Waals surface area (Å²) in [6, 6.07) is 12.8. The van der Waals surface area contributed by atoms with Gasteiger partial charge in [-0.1, -0.05) is 25.1 Å². The van der Waals surface area contributed by atoms with Crippen LogP contribution in [0.15, 0.2) is 53.6 Å². The van der Waals surface area contributed by atoms with Crippen LogP contribution in [0.25, 0.3) is 0 Å². The van der Waals surface area contributed by atoms with Gasteiger partial charge in [0, 0.05) is 12.6 Å². The second-order valence-electron chi connectivity index (χ2n) is 6.61. The SMILES string of the molecule is CCN(c1ccccc1)S(=O)(=O)c1ccc(N2CCC[C@H](C)C2)[nH+]c1. The Balaban J connectivity index is 1.85. The van der Waals surface area contributed by atoms with Gasteiger partial charge in [0.15, 0.2) is 0 Å². The highest BCUT2D eigenvalue weighted by Crippen LogP contribution is 2.24. The monoisotopic (exact) mass is 360 g/mol. The fourth-order valence-corrected chi connectivity index (χ4v) is 4.82. The van der Waals surface area contributed by atoms with Gasteiger partial charge < -0.3 is 0 Å². The minimum atomic E-state index is -3.58. The second kappa shape index (κ2) is 7.44. The molecule has 0 spiro atoms. The molecule has 134 valence electrons. The van der Waals surface area contributed by atoms with Crippen LogP contribution >= 0.6 is 0 Å². The number of H-pyrrole nitrogens is 1. The zero-order valence-corrected chi connectivity index (χ0v) is 15.7. The Morgan fingerprint density at radius 3 is 2.56 bits per heavy atom. The molecule has 1 aromatic heterocycles. The fourth-order valence-electron chi connectivity index (χ4n) is 3.38. The largest absolute Gasteiger partial charge is 0.274 e. The third-order valence-electron chi connectivity index (χ3n) is 4.68. The number of benzene rings is 1. The second-order valence-corrected chi connectivity index (χ2v) is 8.47. The lowest BCUT2D eigenvalue weighted by molar-refractivity contribution is -0.367. The van der Waals surface area contributed by atoms with Crippen LogP contribution in [0.2, 0.25) is 0 Å². The number of anilines is 2. The summed E-state index contributed by atoms with van der Waals surface area (Å²) in [5.74, 6) is 1.65. The predicted molar refractivity (Wildman–Crippen MR) is 100 cm³/mol. The Hall–Kier alpha value is -2.08. The van der Waals surface area contributed by atoms with Crippen LogP contribution in [0, 0.1) is 5.92 Å². The molecule has 0 amide bonds. The van der Waals surface area contributed by atoms with Crippen LogP contribution < -0.4 is 14.2 Å². The van der Waals surface area contributed by atoms with Gasteiger partial charge in [-0.25, -0.2) is 13.4 Å². The number of aromatic nitrogens is 1. The molecule has 2 aromatic rings. The first kappa shape index (κ1) is 17.7. The fraction of sp³-hybridized carbons (Fsp3) is 0.421. The molecule has 1 aliphatic heterocycles. The van der Waals surface area contributed by atoms with Crippen molar-refractivity contribution in [1.29, 1.82) is 0 Å². The van der Waals surface area contributed by atoms with Crippen molar-refractivity contribution in [2.24, 2.45) is 5.92 Å². The maximum absolute atomic E-state index is 13.0. The first-order valence-electron chi connectivity index (χ1n) is 8.87. The van der Waals surface area contributed by atoms with Crippen molar-refractivity contribution in [2.75, 3.05) is 28.8 Å². The molecule has 0 radical (unpaired) electrons. The molecule has 1 saturated heterocycles. The number of para-hydroxylation sites is 1. The number of piperidine rings is 1. The standard InChI is InChI=1S/C19H25N3O2S/c1-3-22(17-9-5-4-6-10-17)25(23,24)18-11-12-19(20-14-18)21-13-7-8-16(2)15-21/h4-6,9-12,14,16H,3,7-8,13,15H2,1-2H3/p+1/t16-/m0/s1. The van der Waals surface area contributed by atoms with Gasteiger partial charge in [0.05, 0.1) is 18.8 Å². The normalized spacial score (nSPS) is 18.2. The van der Waals surface area contributed by atoms with Gasteiger partial charge in [-0.05, 0) is 43.9 Å². The summed E-state index contributed by atoms with van der Waals surface area (Å²) in [4.78, 5) is 5.76. The Kier molecular flexibility index (Phi) is 5.27. The summed E-state index contributed by atoms with van der Waals surface area (Å²) in [5.41, 5.74) is 0.680. The van der Waals surface area contributed by atoms with Crippen LogP contribution in [0.4, 0.5) is 11.5 Å². The highest BCUT2D eigenvalue weighted by atomic mass is 32.2. The van der Waals surface area contributed by atoms with E-state index >= 15 is 0 Å². The molecule has 1 aromatic carbocycles. The molecule has 3 rings (SSSR count). The molecule has 0 aliphatic carbocycles. The molecule has 0 unspecified atom stereocenters. The van der Waals surface area contributed by atoms with E-state index in [0.717, 1.165) is 18.9 Å².